The SMILES string of the molecule is ClC(Cl)=C(Cl)C1(Cl)C2CCCC21. The Morgan fingerprint density at radius 1 is 1.08 bits per heavy atom. The minimum atomic E-state index is -0.404. The van der Waals surface area contributed by atoms with E-state index in [2.05, 4.69) is 0 Å². The van der Waals surface area contributed by atoms with E-state index in [-0.39, 0.29) is 4.49 Å². The van der Waals surface area contributed by atoms with Gasteiger partial charge in [0.25, 0.3) is 0 Å². The van der Waals surface area contributed by atoms with Gasteiger partial charge in [-0.3, -0.25) is 0 Å². The van der Waals surface area contributed by atoms with E-state index in [9.17, 15) is 0 Å². The van der Waals surface area contributed by atoms with E-state index in [1.807, 2.05) is 0 Å². The van der Waals surface area contributed by atoms with Gasteiger partial charge in [-0.15, -0.1) is 11.6 Å². The van der Waals surface area contributed by atoms with Crippen molar-refractivity contribution in [1.29, 1.82) is 0 Å². The molecule has 0 spiro atoms. The normalized spacial score (nSPS) is 44.0. The molecule has 2 atom stereocenters. The van der Waals surface area contributed by atoms with Gasteiger partial charge in [0, 0.05) is 0 Å². The zero-order valence-corrected chi connectivity index (χ0v) is 9.31. The van der Waals surface area contributed by atoms with Crippen molar-refractivity contribution in [1.82, 2.24) is 0 Å². The van der Waals surface area contributed by atoms with E-state index >= 15 is 0 Å². The Hall–Kier alpha value is 0.900. The Morgan fingerprint density at radius 3 is 2.00 bits per heavy atom. The molecule has 0 N–H and O–H groups in total. The quantitative estimate of drug-likeness (QED) is 0.605. The van der Waals surface area contributed by atoms with Gasteiger partial charge in [0.05, 0.1) is 9.91 Å². The molecule has 0 nitrogen and oxygen atoms in total. The summed E-state index contributed by atoms with van der Waals surface area (Å²) < 4.78 is 0.126. The molecule has 2 aliphatic carbocycles. The van der Waals surface area contributed by atoms with E-state index in [1.165, 1.54) is 6.42 Å². The lowest BCUT2D eigenvalue weighted by atomic mass is 10.1. The highest BCUT2D eigenvalue weighted by Crippen LogP contribution is 2.69. The monoisotopic (exact) mass is 244 g/mol. The van der Waals surface area contributed by atoms with Gasteiger partial charge in [-0.05, 0) is 24.7 Å². The second kappa shape index (κ2) is 2.95. The lowest BCUT2D eigenvalue weighted by Gasteiger charge is -2.11. The largest absolute Gasteiger partial charge is 0.123 e. The smallest absolute Gasteiger partial charge is 0.112 e. The highest BCUT2D eigenvalue weighted by atomic mass is 35.5. The first-order chi connectivity index (χ1) is 5.58. The number of rotatable bonds is 1. The Balaban J connectivity index is 2.21. The van der Waals surface area contributed by atoms with E-state index in [4.69, 9.17) is 46.4 Å². The highest BCUT2D eigenvalue weighted by Gasteiger charge is 2.67. The molecule has 4 heteroatoms. The fourth-order valence-electron chi connectivity index (χ4n) is 2.35. The average molecular weight is 246 g/mol. The Labute approximate surface area is 91.8 Å². The molecule has 2 aliphatic rings. The molecule has 2 fully saturated rings. The molecule has 68 valence electrons. The molecule has 2 unspecified atom stereocenters. The topological polar surface area (TPSA) is 0 Å². The highest BCUT2D eigenvalue weighted by molar-refractivity contribution is 6.60. The average Bonchev–Trinajstić information content (AvgIpc) is 2.52. The van der Waals surface area contributed by atoms with Crippen LogP contribution in [0.15, 0.2) is 9.52 Å². The summed E-state index contributed by atoms with van der Waals surface area (Å²) in [5, 5.41) is 0.446. The first-order valence-electron chi connectivity index (χ1n) is 3.98. The second-order valence-electron chi connectivity index (χ2n) is 3.49. The summed E-state index contributed by atoms with van der Waals surface area (Å²) >= 11 is 23.4. The third-order valence-electron chi connectivity index (χ3n) is 2.99. The van der Waals surface area contributed by atoms with Crippen molar-refractivity contribution >= 4 is 46.4 Å². The molecule has 12 heavy (non-hydrogen) atoms. The molecule has 2 rings (SSSR count). The maximum absolute atomic E-state index is 6.30. The van der Waals surface area contributed by atoms with Gasteiger partial charge in [-0.25, -0.2) is 0 Å². The van der Waals surface area contributed by atoms with Gasteiger partial charge in [-0.2, -0.15) is 0 Å². The number of halogens is 4. The molecule has 2 saturated carbocycles. The molecule has 0 aromatic carbocycles. The minimum Gasteiger partial charge on any atom is -0.112 e. The number of hydrogen-bond acceptors (Lipinski definition) is 0. The molecule has 0 amide bonds. The van der Waals surface area contributed by atoms with E-state index in [0.29, 0.717) is 16.9 Å². The van der Waals surface area contributed by atoms with Crippen LogP contribution in [0.4, 0.5) is 0 Å². The van der Waals surface area contributed by atoms with Crippen LogP contribution in [0.1, 0.15) is 19.3 Å². The standard InChI is InChI=1S/C8H8Cl4/c9-6(7(10)11)8(12)4-2-1-3-5(4)8/h4-5H,1-3H2. The van der Waals surface area contributed by atoms with Gasteiger partial charge in [-0.1, -0.05) is 41.2 Å². The molecule has 0 radical (unpaired) electrons. The van der Waals surface area contributed by atoms with Crippen LogP contribution in [0.2, 0.25) is 0 Å². The van der Waals surface area contributed by atoms with Gasteiger partial charge in [0.1, 0.15) is 4.49 Å². The molecule has 0 aliphatic heterocycles. The van der Waals surface area contributed by atoms with Crippen molar-refractivity contribution in [2.24, 2.45) is 11.8 Å². The van der Waals surface area contributed by atoms with Gasteiger partial charge in [0.15, 0.2) is 0 Å². The predicted molar refractivity (Wildman–Crippen MR) is 54.0 cm³/mol. The minimum absolute atomic E-state index is 0.126. The van der Waals surface area contributed by atoms with Crippen molar-refractivity contribution in [2.45, 2.75) is 24.1 Å². The molecular weight excluding hydrogens is 238 g/mol. The van der Waals surface area contributed by atoms with Crippen LogP contribution >= 0.6 is 46.4 Å². The van der Waals surface area contributed by atoms with Crippen LogP contribution < -0.4 is 0 Å². The molecule has 0 bridgehead atoms. The van der Waals surface area contributed by atoms with Gasteiger partial charge >= 0.3 is 0 Å². The summed E-state index contributed by atoms with van der Waals surface area (Å²) in [5.41, 5.74) is 0. The van der Waals surface area contributed by atoms with Crippen LogP contribution in [0.25, 0.3) is 0 Å². The van der Waals surface area contributed by atoms with Crippen molar-refractivity contribution in [2.75, 3.05) is 0 Å². The Kier molecular flexibility index (Phi) is 2.32. The van der Waals surface area contributed by atoms with Gasteiger partial charge in [0.2, 0.25) is 0 Å². The molecular formula is C8H8Cl4. The van der Waals surface area contributed by atoms with Crippen molar-refractivity contribution in [3.8, 4) is 0 Å². The summed E-state index contributed by atoms with van der Waals surface area (Å²) in [6.07, 6.45) is 3.57. The fraction of sp³-hybridized carbons (Fsp3) is 0.750. The summed E-state index contributed by atoms with van der Waals surface area (Å²) in [7, 11) is 0. The van der Waals surface area contributed by atoms with E-state index in [0.717, 1.165) is 12.8 Å². The van der Waals surface area contributed by atoms with Crippen LogP contribution in [0.3, 0.4) is 0 Å². The van der Waals surface area contributed by atoms with Crippen molar-refractivity contribution in [3.05, 3.63) is 9.52 Å². The third-order valence-corrected chi connectivity index (χ3v) is 4.91. The van der Waals surface area contributed by atoms with Crippen molar-refractivity contribution in [3.63, 3.8) is 0 Å². The van der Waals surface area contributed by atoms with Crippen LogP contribution in [-0.2, 0) is 0 Å². The fourth-order valence-corrected chi connectivity index (χ4v) is 3.59. The van der Waals surface area contributed by atoms with Gasteiger partial charge < -0.3 is 0 Å². The molecule has 0 aromatic rings. The summed E-state index contributed by atoms with van der Waals surface area (Å²) in [6, 6.07) is 0. The Morgan fingerprint density at radius 2 is 1.58 bits per heavy atom. The van der Waals surface area contributed by atoms with E-state index in [1.54, 1.807) is 0 Å². The maximum Gasteiger partial charge on any atom is 0.123 e. The predicted octanol–water partition coefficient (Wildman–Crippen LogP) is 4.28. The van der Waals surface area contributed by atoms with Crippen LogP contribution in [-0.4, -0.2) is 4.87 Å². The number of alkyl halides is 1. The molecule has 0 heterocycles. The number of fused-ring (bicyclic) bond motifs is 1. The zero-order chi connectivity index (χ0) is 8.93. The van der Waals surface area contributed by atoms with Crippen molar-refractivity contribution < 1.29 is 0 Å². The molecule has 0 saturated heterocycles. The summed E-state index contributed by atoms with van der Waals surface area (Å²) in [5.74, 6) is 1.03. The number of hydrogen-bond donors (Lipinski definition) is 0. The second-order valence-corrected chi connectivity index (χ2v) is 5.44. The van der Waals surface area contributed by atoms with Crippen LogP contribution in [0, 0.1) is 11.8 Å². The Bertz CT molecular complexity index is 231. The maximum atomic E-state index is 6.30. The summed E-state index contributed by atoms with van der Waals surface area (Å²) in [6.45, 7) is 0. The number of allylic oxidation sites excluding steroid dienone is 1. The molecule has 0 aromatic heterocycles. The zero-order valence-electron chi connectivity index (χ0n) is 6.29. The van der Waals surface area contributed by atoms with E-state index < -0.39 is 4.87 Å². The third kappa shape index (κ3) is 1.12. The van der Waals surface area contributed by atoms with Crippen LogP contribution in [0.5, 0.6) is 0 Å². The first kappa shape index (κ1) is 9.45. The lowest BCUT2D eigenvalue weighted by Crippen LogP contribution is -2.08. The summed E-state index contributed by atoms with van der Waals surface area (Å²) in [4.78, 5) is -0.404. The lowest BCUT2D eigenvalue weighted by molar-refractivity contribution is 0.680. The first-order valence-corrected chi connectivity index (χ1v) is 5.49.